The quantitative estimate of drug-likeness (QED) is 0.211. The van der Waals surface area contributed by atoms with Gasteiger partial charge in [0.1, 0.15) is 17.1 Å². The van der Waals surface area contributed by atoms with Gasteiger partial charge in [-0.25, -0.2) is 15.2 Å². The number of benzene rings is 1. The number of nitrogens with two attached hydrogens (primary N) is 1. The molecule has 0 atom stereocenters. The van der Waals surface area contributed by atoms with Crippen molar-refractivity contribution in [2.45, 2.75) is 32.0 Å². The molecule has 9 nitrogen and oxygen atoms in total. The summed E-state index contributed by atoms with van der Waals surface area (Å²) in [5, 5.41) is 16.0. The molecule has 1 aromatic carbocycles. The minimum absolute atomic E-state index is 0.0741. The van der Waals surface area contributed by atoms with E-state index in [1.165, 1.54) is 43.1 Å². The lowest BCUT2D eigenvalue weighted by molar-refractivity contribution is -0.141. The van der Waals surface area contributed by atoms with E-state index in [4.69, 9.17) is 5.84 Å². The van der Waals surface area contributed by atoms with Crippen molar-refractivity contribution in [3.05, 3.63) is 65.5 Å². The number of halogens is 4. The highest BCUT2D eigenvalue weighted by Crippen LogP contribution is 2.31. The van der Waals surface area contributed by atoms with Crippen LogP contribution in [0.5, 0.6) is 0 Å². The van der Waals surface area contributed by atoms with E-state index in [1.54, 1.807) is 0 Å². The number of anilines is 1. The van der Waals surface area contributed by atoms with Crippen molar-refractivity contribution in [3.8, 4) is 17.2 Å². The van der Waals surface area contributed by atoms with Crippen LogP contribution < -0.4 is 16.6 Å². The number of hydrogen-bond donors (Lipinski definition) is 3. The molecule has 0 radical (unpaired) electrons. The molecule has 35 heavy (non-hydrogen) atoms. The Bertz CT molecular complexity index is 1330. The van der Waals surface area contributed by atoms with Gasteiger partial charge in [0.05, 0.1) is 29.9 Å². The fourth-order valence-electron chi connectivity index (χ4n) is 3.20. The third-order valence-corrected chi connectivity index (χ3v) is 5.06. The zero-order chi connectivity index (χ0) is 26.0. The average Bonchev–Trinajstić information content (AvgIpc) is 3.28. The first-order valence-electron chi connectivity index (χ1n) is 10.00. The Hall–Kier alpha value is -4.31. The summed E-state index contributed by atoms with van der Waals surface area (Å²) >= 11 is 0. The van der Waals surface area contributed by atoms with E-state index in [-0.39, 0.29) is 28.1 Å². The van der Waals surface area contributed by atoms with Crippen molar-refractivity contribution in [1.82, 2.24) is 20.2 Å². The number of hydrogen-bond acceptors (Lipinski definition) is 6. The van der Waals surface area contributed by atoms with Crippen LogP contribution in [0, 0.1) is 17.1 Å². The van der Waals surface area contributed by atoms with Gasteiger partial charge < -0.3 is 5.32 Å². The maximum absolute atomic E-state index is 15.0. The molecule has 0 aliphatic heterocycles. The molecule has 0 saturated carbocycles. The van der Waals surface area contributed by atoms with Gasteiger partial charge in [-0.15, -0.1) is 0 Å². The molecule has 0 aliphatic carbocycles. The van der Waals surface area contributed by atoms with Crippen molar-refractivity contribution in [1.29, 1.82) is 5.26 Å². The second-order valence-corrected chi connectivity index (χ2v) is 7.94. The zero-order valence-electron chi connectivity index (χ0n) is 18.4. The molecule has 0 saturated heterocycles. The molecule has 3 rings (SSSR count). The number of aromatic nitrogens is 3. The second-order valence-electron chi connectivity index (χ2n) is 7.94. The summed E-state index contributed by atoms with van der Waals surface area (Å²) in [4.78, 5) is 27.7. The van der Waals surface area contributed by atoms with Gasteiger partial charge >= 0.3 is 6.18 Å². The standard InChI is InChI=1S/C22H19F4N7O2/c1-21(2,20(35)32-28)33-11-13(10-29-33)19-12(9-27)6-15(7-16(19)23)31-18(34)8-14-4-3-5-17(30-14)22(24,25)26/h3-7,10-11H,8,28H2,1-2H3,(H,31,34)(H,32,35). The average molecular weight is 489 g/mol. The fraction of sp³-hybridized carbons (Fsp3) is 0.227. The van der Waals surface area contributed by atoms with Crippen LogP contribution in [0.4, 0.5) is 23.2 Å². The number of carbonyl (C=O) groups excluding carboxylic acids is 2. The van der Waals surface area contributed by atoms with Crippen LogP contribution in [-0.2, 0) is 27.7 Å². The second kappa shape index (κ2) is 9.51. The minimum Gasteiger partial charge on any atom is -0.326 e. The van der Waals surface area contributed by atoms with Crippen molar-refractivity contribution in [2.24, 2.45) is 5.84 Å². The number of pyridine rings is 1. The molecule has 0 aliphatic rings. The number of nitrogens with one attached hydrogen (secondary N) is 2. The van der Waals surface area contributed by atoms with Crippen LogP contribution in [0.15, 0.2) is 42.7 Å². The summed E-state index contributed by atoms with van der Waals surface area (Å²) in [5.74, 6) is 3.01. The van der Waals surface area contributed by atoms with Crippen LogP contribution in [0.2, 0.25) is 0 Å². The topological polar surface area (TPSA) is 139 Å². The summed E-state index contributed by atoms with van der Waals surface area (Å²) < 4.78 is 54.7. The Balaban J connectivity index is 1.85. The summed E-state index contributed by atoms with van der Waals surface area (Å²) in [6.07, 6.45) is -2.53. The maximum atomic E-state index is 15.0. The lowest BCUT2D eigenvalue weighted by atomic mass is 10.0. The monoisotopic (exact) mass is 489 g/mol. The predicted octanol–water partition coefficient (Wildman–Crippen LogP) is 2.88. The normalized spacial score (nSPS) is 11.6. The number of nitriles is 1. The predicted molar refractivity (Wildman–Crippen MR) is 116 cm³/mol. The molecule has 4 N–H and O–H groups in total. The van der Waals surface area contributed by atoms with Gasteiger partial charge in [-0.1, -0.05) is 6.07 Å². The van der Waals surface area contributed by atoms with Crippen molar-refractivity contribution in [2.75, 3.05) is 5.32 Å². The van der Waals surface area contributed by atoms with Gasteiger partial charge in [-0.05, 0) is 38.1 Å². The first-order chi connectivity index (χ1) is 16.4. The largest absolute Gasteiger partial charge is 0.433 e. The van der Waals surface area contributed by atoms with Gasteiger partial charge in [0.2, 0.25) is 5.91 Å². The Morgan fingerprint density at radius 3 is 2.57 bits per heavy atom. The molecule has 0 unspecified atom stereocenters. The van der Waals surface area contributed by atoms with Crippen LogP contribution >= 0.6 is 0 Å². The van der Waals surface area contributed by atoms with Crippen LogP contribution in [0.3, 0.4) is 0 Å². The van der Waals surface area contributed by atoms with Crippen molar-refractivity contribution >= 4 is 17.5 Å². The van der Waals surface area contributed by atoms with E-state index in [0.717, 1.165) is 18.2 Å². The third-order valence-electron chi connectivity index (χ3n) is 5.06. The number of nitrogens with zero attached hydrogens (tertiary/aromatic N) is 4. The number of carbonyl (C=O) groups is 2. The third kappa shape index (κ3) is 5.44. The molecule has 2 heterocycles. The molecule has 13 heteroatoms. The number of rotatable bonds is 6. The Labute approximate surface area is 196 Å². The Morgan fingerprint density at radius 2 is 1.94 bits per heavy atom. The molecule has 182 valence electrons. The molecule has 0 spiro atoms. The van der Waals surface area contributed by atoms with Gasteiger partial charge in [0.25, 0.3) is 5.91 Å². The Morgan fingerprint density at radius 1 is 1.23 bits per heavy atom. The van der Waals surface area contributed by atoms with Gasteiger partial charge in [0, 0.05) is 23.0 Å². The molecular formula is C22H19F4N7O2. The molecule has 2 amide bonds. The van der Waals surface area contributed by atoms with E-state index < -0.39 is 41.5 Å². The molecule has 0 fully saturated rings. The van der Waals surface area contributed by atoms with Crippen LogP contribution in [-0.4, -0.2) is 26.6 Å². The Kier molecular flexibility index (Phi) is 6.88. The highest BCUT2D eigenvalue weighted by molar-refractivity contribution is 5.93. The number of amides is 2. The molecule has 0 bridgehead atoms. The smallest absolute Gasteiger partial charge is 0.326 e. The first-order valence-corrected chi connectivity index (χ1v) is 10.00. The highest BCUT2D eigenvalue weighted by Gasteiger charge is 2.33. The molecule has 3 aromatic rings. The van der Waals surface area contributed by atoms with E-state index in [2.05, 4.69) is 15.4 Å². The summed E-state index contributed by atoms with van der Waals surface area (Å²) in [6.45, 7) is 3.07. The number of alkyl halides is 3. The van der Waals surface area contributed by atoms with E-state index in [9.17, 15) is 32.4 Å². The minimum atomic E-state index is -4.66. The highest BCUT2D eigenvalue weighted by atomic mass is 19.4. The SMILES string of the molecule is CC(C)(C(=O)NN)n1cc(-c2c(F)cc(NC(=O)Cc3cccc(C(F)(F)F)n3)cc2C#N)cn1. The van der Waals surface area contributed by atoms with Crippen molar-refractivity contribution < 1.29 is 27.2 Å². The lowest BCUT2D eigenvalue weighted by Gasteiger charge is -2.22. The van der Waals surface area contributed by atoms with Crippen LogP contribution in [0.1, 0.15) is 30.8 Å². The maximum Gasteiger partial charge on any atom is 0.433 e. The van der Waals surface area contributed by atoms with Gasteiger partial charge in [0.15, 0.2) is 0 Å². The van der Waals surface area contributed by atoms with Gasteiger partial charge in [-0.3, -0.25) is 19.7 Å². The van der Waals surface area contributed by atoms with E-state index >= 15 is 0 Å². The van der Waals surface area contributed by atoms with Gasteiger partial charge in [-0.2, -0.15) is 23.5 Å². The number of hydrazine groups is 1. The fourth-order valence-corrected chi connectivity index (χ4v) is 3.20. The summed E-state index contributed by atoms with van der Waals surface area (Å²) in [7, 11) is 0. The lowest BCUT2D eigenvalue weighted by Crippen LogP contribution is -2.47. The first kappa shape index (κ1) is 25.3. The van der Waals surface area contributed by atoms with E-state index in [0.29, 0.717) is 0 Å². The molecular weight excluding hydrogens is 470 g/mol. The molecule has 2 aromatic heterocycles. The zero-order valence-corrected chi connectivity index (χ0v) is 18.4. The van der Waals surface area contributed by atoms with E-state index in [1.807, 2.05) is 11.5 Å². The summed E-state index contributed by atoms with van der Waals surface area (Å²) in [5.41, 5.74) is -0.596. The summed E-state index contributed by atoms with van der Waals surface area (Å²) in [6, 6.07) is 7.17. The van der Waals surface area contributed by atoms with Crippen molar-refractivity contribution in [3.63, 3.8) is 0 Å². The van der Waals surface area contributed by atoms with Crippen LogP contribution in [0.25, 0.3) is 11.1 Å².